The molecule has 0 aliphatic carbocycles. The van der Waals surface area contributed by atoms with Gasteiger partial charge in [-0.15, -0.1) is 0 Å². The largest absolute Gasteiger partial charge is 0.484 e. The molecule has 2 rings (SSSR count). The molecule has 21 heavy (non-hydrogen) atoms. The molecule has 1 amide bonds. The minimum absolute atomic E-state index is 0.0224. The van der Waals surface area contributed by atoms with Crippen LogP contribution in [-0.4, -0.2) is 24.6 Å². The van der Waals surface area contributed by atoms with Crippen molar-refractivity contribution in [3.63, 3.8) is 0 Å². The van der Waals surface area contributed by atoms with Gasteiger partial charge in [-0.25, -0.2) is 0 Å². The topological polar surface area (TPSA) is 64.3 Å². The Morgan fingerprint density at radius 2 is 1.90 bits per heavy atom. The van der Waals surface area contributed by atoms with Crippen molar-refractivity contribution in [3.05, 3.63) is 40.9 Å². The predicted molar refractivity (Wildman–Crippen MR) is 88.4 cm³/mol. The first-order chi connectivity index (χ1) is 9.89. The van der Waals surface area contributed by atoms with Gasteiger partial charge in [-0.2, -0.15) is 0 Å². The fourth-order valence-corrected chi connectivity index (χ4v) is 2.28. The van der Waals surface area contributed by atoms with Crippen LogP contribution in [0.5, 0.6) is 5.75 Å². The van der Waals surface area contributed by atoms with Crippen LogP contribution < -0.4 is 15.8 Å². The first-order valence-corrected chi connectivity index (χ1v) is 7.52. The number of rotatable bonds is 5. The molecule has 0 bridgehead atoms. The van der Waals surface area contributed by atoms with E-state index in [4.69, 9.17) is 10.5 Å². The van der Waals surface area contributed by atoms with Crippen molar-refractivity contribution in [1.82, 2.24) is 5.32 Å². The van der Waals surface area contributed by atoms with E-state index in [-0.39, 0.29) is 12.5 Å². The van der Waals surface area contributed by atoms with Gasteiger partial charge in [-0.1, -0.05) is 28.1 Å². The molecule has 0 aromatic heterocycles. The maximum absolute atomic E-state index is 11.8. The molecule has 2 aromatic rings. The molecule has 0 atom stereocenters. The van der Waals surface area contributed by atoms with Crippen LogP contribution in [0.25, 0.3) is 10.8 Å². The Kier molecular flexibility index (Phi) is 4.85. The smallest absolute Gasteiger partial charge is 0.258 e. The third kappa shape index (κ3) is 4.44. The summed E-state index contributed by atoms with van der Waals surface area (Å²) in [6.07, 6.45) is 0. The third-order valence-electron chi connectivity index (χ3n) is 3.13. The molecule has 0 saturated heterocycles. The number of nitrogens with one attached hydrogen (secondary N) is 1. The zero-order chi connectivity index (χ0) is 15.5. The van der Waals surface area contributed by atoms with Gasteiger partial charge in [0.25, 0.3) is 5.91 Å². The molecule has 112 valence electrons. The minimum atomic E-state index is -0.421. The first kappa shape index (κ1) is 15.8. The summed E-state index contributed by atoms with van der Waals surface area (Å²) in [5.41, 5.74) is 5.16. The second-order valence-electron chi connectivity index (χ2n) is 5.58. The average Bonchev–Trinajstić information content (AvgIpc) is 2.44. The predicted octanol–water partition coefficient (Wildman–Crippen LogP) is 2.83. The molecule has 4 nitrogen and oxygen atoms in total. The standard InChI is InChI=1S/C16H19BrN2O2/c1-16(2,10-18)19-15(20)9-21-14-6-4-11-7-13(17)5-3-12(11)8-14/h3-8H,9-10,18H2,1-2H3,(H,19,20). The number of hydrogen-bond acceptors (Lipinski definition) is 3. The summed E-state index contributed by atoms with van der Waals surface area (Å²) in [7, 11) is 0. The lowest BCUT2D eigenvalue weighted by Gasteiger charge is -2.24. The van der Waals surface area contributed by atoms with Gasteiger partial charge in [0, 0.05) is 16.6 Å². The summed E-state index contributed by atoms with van der Waals surface area (Å²) in [5.74, 6) is 0.492. The molecule has 0 aliphatic rings. The minimum Gasteiger partial charge on any atom is -0.484 e. The highest BCUT2D eigenvalue weighted by Gasteiger charge is 2.18. The van der Waals surface area contributed by atoms with Crippen molar-refractivity contribution in [3.8, 4) is 5.75 Å². The van der Waals surface area contributed by atoms with Crippen LogP contribution in [0, 0.1) is 0 Å². The van der Waals surface area contributed by atoms with Gasteiger partial charge in [0.05, 0.1) is 0 Å². The molecule has 0 radical (unpaired) electrons. The van der Waals surface area contributed by atoms with Crippen LogP contribution >= 0.6 is 15.9 Å². The van der Waals surface area contributed by atoms with E-state index in [1.54, 1.807) is 0 Å². The summed E-state index contributed by atoms with van der Waals surface area (Å²) in [5, 5.41) is 5.01. The maximum atomic E-state index is 11.8. The number of benzene rings is 2. The molecule has 5 heteroatoms. The lowest BCUT2D eigenvalue weighted by molar-refractivity contribution is -0.124. The van der Waals surface area contributed by atoms with Crippen LogP contribution in [0.15, 0.2) is 40.9 Å². The van der Waals surface area contributed by atoms with Gasteiger partial charge in [-0.05, 0) is 48.9 Å². The van der Waals surface area contributed by atoms with Crippen LogP contribution in [0.4, 0.5) is 0 Å². The monoisotopic (exact) mass is 350 g/mol. The number of hydrogen-bond donors (Lipinski definition) is 2. The van der Waals surface area contributed by atoms with E-state index in [9.17, 15) is 4.79 Å². The number of halogens is 1. The highest BCUT2D eigenvalue weighted by Crippen LogP contribution is 2.24. The van der Waals surface area contributed by atoms with Gasteiger partial charge in [0.1, 0.15) is 5.75 Å². The third-order valence-corrected chi connectivity index (χ3v) is 3.63. The number of ether oxygens (including phenoxy) is 1. The normalized spacial score (nSPS) is 11.4. The molecule has 0 saturated carbocycles. The molecule has 0 unspecified atom stereocenters. The van der Waals surface area contributed by atoms with Gasteiger partial charge in [0.15, 0.2) is 6.61 Å². The number of carbonyl (C=O) groups excluding carboxylic acids is 1. The van der Waals surface area contributed by atoms with Crippen molar-refractivity contribution in [1.29, 1.82) is 0 Å². The quantitative estimate of drug-likeness (QED) is 0.871. The first-order valence-electron chi connectivity index (χ1n) is 6.73. The molecule has 0 spiro atoms. The Balaban J connectivity index is 2.00. The SMILES string of the molecule is CC(C)(CN)NC(=O)COc1ccc2cc(Br)ccc2c1. The Labute approximate surface area is 132 Å². The second kappa shape index (κ2) is 6.45. The molecular weight excluding hydrogens is 332 g/mol. The summed E-state index contributed by atoms with van der Waals surface area (Å²) in [6, 6.07) is 11.8. The summed E-state index contributed by atoms with van der Waals surface area (Å²) in [6.45, 7) is 4.10. The Hall–Kier alpha value is -1.59. The Morgan fingerprint density at radius 3 is 2.62 bits per heavy atom. The number of fused-ring (bicyclic) bond motifs is 1. The molecule has 0 fully saturated rings. The Bertz CT molecular complexity index is 656. The zero-order valence-corrected chi connectivity index (χ0v) is 13.7. The van der Waals surface area contributed by atoms with Crippen molar-refractivity contribution in [2.24, 2.45) is 5.73 Å². The van der Waals surface area contributed by atoms with E-state index in [1.165, 1.54) is 0 Å². The van der Waals surface area contributed by atoms with Crippen molar-refractivity contribution >= 4 is 32.6 Å². The molecular formula is C16H19BrN2O2. The highest BCUT2D eigenvalue weighted by molar-refractivity contribution is 9.10. The maximum Gasteiger partial charge on any atom is 0.258 e. The molecule has 2 aromatic carbocycles. The van der Waals surface area contributed by atoms with E-state index in [1.807, 2.05) is 50.2 Å². The van der Waals surface area contributed by atoms with Gasteiger partial charge >= 0.3 is 0 Å². The van der Waals surface area contributed by atoms with Gasteiger partial charge in [-0.3, -0.25) is 4.79 Å². The van der Waals surface area contributed by atoms with E-state index >= 15 is 0 Å². The fourth-order valence-electron chi connectivity index (χ4n) is 1.90. The van der Waals surface area contributed by atoms with Gasteiger partial charge in [0.2, 0.25) is 0 Å². The molecule has 0 heterocycles. The second-order valence-corrected chi connectivity index (χ2v) is 6.49. The highest BCUT2D eigenvalue weighted by atomic mass is 79.9. The van der Waals surface area contributed by atoms with Gasteiger partial charge < -0.3 is 15.8 Å². The zero-order valence-electron chi connectivity index (χ0n) is 12.2. The number of carbonyl (C=O) groups is 1. The number of nitrogens with two attached hydrogens (primary N) is 1. The molecule has 0 aliphatic heterocycles. The lowest BCUT2D eigenvalue weighted by atomic mass is 10.1. The van der Waals surface area contributed by atoms with Crippen molar-refractivity contribution < 1.29 is 9.53 Å². The van der Waals surface area contributed by atoms with Crippen LogP contribution in [-0.2, 0) is 4.79 Å². The average molecular weight is 351 g/mol. The lowest BCUT2D eigenvalue weighted by Crippen LogP contribution is -2.50. The van der Waals surface area contributed by atoms with Crippen LogP contribution in [0.3, 0.4) is 0 Å². The van der Waals surface area contributed by atoms with Crippen molar-refractivity contribution in [2.45, 2.75) is 19.4 Å². The Morgan fingerprint density at radius 1 is 1.24 bits per heavy atom. The van der Waals surface area contributed by atoms with E-state index < -0.39 is 5.54 Å². The van der Waals surface area contributed by atoms with Crippen LogP contribution in [0.2, 0.25) is 0 Å². The fraction of sp³-hybridized carbons (Fsp3) is 0.312. The summed E-state index contributed by atoms with van der Waals surface area (Å²) < 4.78 is 6.57. The summed E-state index contributed by atoms with van der Waals surface area (Å²) >= 11 is 3.44. The summed E-state index contributed by atoms with van der Waals surface area (Å²) in [4.78, 5) is 11.8. The van der Waals surface area contributed by atoms with Crippen molar-refractivity contribution in [2.75, 3.05) is 13.2 Å². The molecule has 3 N–H and O–H groups in total. The van der Waals surface area contributed by atoms with E-state index in [0.29, 0.717) is 12.3 Å². The van der Waals surface area contributed by atoms with E-state index in [2.05, 4.69) is 21.2 Å². The number of amides is 1. The van der Waals surface area contributed by atoms with Crippen LogP contribution in [0.1, 0.15) is 13.8 Å². The van der Waals surface area contributed by atoms with E-state index in [0.717, 1.165) is 15.2 Å².